The summed E-state index contributed by atoms with van der Waals surface area (Å²) >= 11 is 0. The Morgan fingerprint density at radius 3 is 2.67 bits per heavy atom. The van der Waals surface area contributed by atoms with Gasteiger partial charge in [-0.1, -0.05) is 13.5 Å². The van der Waals surface area contributed by atoms with E-state index in [0.29, 0.717) is 19.8 Å². The van der Waals surface area contributed by atoms with Crippen LogP contribution in [0.15, 0.2) is 12.2 Å². The van der Waals surface area contributed by atoms with Gasteiger partial charge in [-0.05, 0) is 24.8 Å². The summed E-state index contributed by atoms with van der Waals surface area (Å²) in [5, 5.41) is 3.41. The van der Waals surface area contributed by atoms with Gasteiger partial charge in [0.05, 0.1) is 19.8 Å². The van der Waals surface area contributed by atoms with Crippen LogP contribution in [0, 0.1) is 0 Å². The Morgan fingerprint density at radius 1 is 1.27 bits per heavy atom. The second-order valence-electron chi connectivity index (χ2n) is 4.07. The monoisotopic (exact) mass is 213 g/mol. The largest absolute Gasteiger partial charge is 0.379 e. The van der Waals surface area contributed by atoms with Crippen molar-refractivity contribution in [1.82, 2.24) is 5.32 Å². The first-order chi connectivity index (χ1) is 7.33. The first kappa shape index (κ1) is 12.7. The van der Waals surface area contributed by atoms with Crippen LogP contribution in [0.25, 0.3) is 0 Å². The van der Waals surface area contributed by atoms with E-state index in [0.717, 1.165) is 31.2 Å². The van der Waals surface area contributed by atoms with Gasteiger partial charge in [-0.3, -0.25) is 0 Å². The van der Waals surface area contributed by atoms with Gasteiger partial charge in [0.2, 0.25) is 0 Å². The van der Waals surface area contributed by atoms with Crippen LogP contribution in [0.5, 0.6) is 0 Å². The highest BCUT2D eigenvalue weighted by atomic mass is 16.5. The lowest BCUT2D eigenvalue weighted by Crippen LogP contribution is -2.21. The Kier molecular flexibility index (Phi) is 6.64. The molecule has 1 rings (SSSR count). The zero-order valence-electron chi connectivity index (χ0n) is 9.76. The van der Waals surface area contributed by atoms with E-state index in [-0.39, 0.29) is 0 Å². The third-order valence-electron chi connectivity index (χ3n) is 2.24. The maximum atomic E-state index is 5.43. The molecule has 15 heavy (non-hydrogen) atoms. The zero-order valence-corrected chi connectivity index (χ0v) is 9.76. The molecule has 0 heterocycles. The molecule has 0 aliphatic heterocycles. The third kappa shape index (κ3) is 7.54. The third-order valence-corrected chi connectivity index (χ3v) is 2.24. The Bertz CT molecular complexity index is 178. The van der Waals surface area contributed by atoms with E-state index in [1.54, 1.807) is 0 Å². The Morgan fingerprint density at radius 2 is 2.00 bits per heavy atom. The van der Waals surface area contributed by atoms with Gasteiger partial charge in [-0.15, -0.1) is 0 Å². The fraction of sp³-hybridized carbons (Fsp3) is 0.833. The zero-order chi connectivity index (χ0) is 10.9. The lowest BCUT2D eigenvalue weighted by atomic mass is 10.3. The quantitative estimate of drug-likeness (QED) is 0.443. The van der Waals surface area contributed by atoms with Crippen molar-refractivity contribution < 1.29 is 9.47 Å². The molecule has 3 nitrogen and oxygen atoms in total. The van der Waals surface area contributed by atoms with E-state index in [4.69, 9.17) is 9.47 Å². The number of ether oxygens (including phenoxy) is 2. The van der Waals surface area contributed by atoms with Gasteiger partial charge in [0.25, 0.3) is 0 Å². The lowest BCUT2D eigenvalue weighted by molar-refractivity contribution is 0.0562. The van der Waals surface area contributed by atoms with Crippen LogP contribution in [0.2, 0.25) is 0 Å². The van der Waals surface area contributed by atoms with Crippen LogP contribution < -0.4 is 5.32 Å². The van der Waals surface area contributed by atoms with E-state index in [1.165, 1.54) is 12.8 Å². The van der Waals surface area contributed by atoms with E-state index < -0.39 is 0 Å². The van der Waals surface area contributed by atoms with Crippen LogP contribution >= 0.6 is 0 Å². The first-order valence-electron chi connectivity index (χ1n) is 5.88. The van der Waals surface area contributed by atoms with Crippen molar-refractivity contribution >= 4 is 0 Å². The maximum Gasteiger partial charge on any atom is 0.0704 e. The van der Waals surface area contributed by atoms with Crippen molar-refractivity contribution in [2.24, 2.45) is 0 Å². The van der Waals surface area contributed by atoms with Crippen LogP contribution in [-0.2, 0) is 9.47 Å². The number of hydrogen-bond acceptors (Lipinski definition) is 3. The average Bonchev–Trinajstić information content (AvgIpc) is 3.04. The van der Waals surface area contributed by atoms with Crippen molar-refractivity contribution in [3.63, 3.8) is 0 Å². The molecule has 0 atom stereocenters. The van der Waals surface area contributed by atoms with Gasteiger partial charge in [0.1, 0.15) is 0 Å². The van der Waals surface area contributed by atoms with Crippen molar-refractivity contribution in [1.29, 1.82) is 0 Å². The smallest absolute Gasteiger partial charge is 0.0704 e. The molecular formula is C12H23NO2. The maximum absolute atomic E-state index is 5.43. The summed E-state index contributed by atoms with van der Waals surface area (Å²) in [5.41, 5.74) is 1.12. The van der Waals surface area contributed by atoms with Crippen LogP contribution in [0.4, 0.5) is 0 Å². The van der Waals surface area contributed by atoms with E-state index in [9.17, 15) is 0 Å². The molecule has 0 amide bonds. The van der Waals surface area contributed by atoms with E-state index in [1.807, 2.05) is 0 Å². The molecule has 1 N–H and O–H groups in total. The molecule has 0 aromatic rings. The van der Waals surface area contributed by atoms with E-state index >= 15 is 0 Å². The van der Waals surface area contributed by atoms with Crippen molar-refractivity contribution in [2.45, 2.75) is 32.2 Å². The molecular weight excluding hydrogens is 190 g/mol. The van der Waals surface area contributed by atoms with Gasteiger partial charge >= 0.3 is 0 Å². The molecule has 3 heteroatoms. The molecule has 0 aromatic carbocycles. The van der Waals surface area contributed by atoms with Crippen LogP contribution in [0.3, 0.4) is 0 Å². The number of nitrogens with one attached hydrogen (secondary N) is 1. The molecule has 1 saturated carbocycles. The molecule has 1 aliphatic carbocycles. The van der Waals surface area contributed by atoms with Gasteiger partial charge in [0.15, 0.2) is 0 Å². The van der Waals surface area contributed by atoms with Crippen LogP contribution in [0.1, 0.15) is 26.2 Å². The average molecular weight is 213 g/mol. The molecule has 0 aromatic heterocycles. The highest BCUT2D eigenvalue weighted by Crippen LogP contribution is 2.18. The summed E-state index contributed by atoms with van der Waals surface area (Å²) in [4.78, 5) is 0. The fourth-order valence-electron chi connectivity index (χ4n) is 1.21. The minimum atomic E-state index is 0.648. The highest BCUT2D eigenvalue weighted by Gasteiger charge is 2.19. The summed E-state index contributed by atoms with van der Waals surface area (Å²) < 4.78 is 10.7. The summed E-state index contributed by atoms with van der Waals surface area (Å²) in [5.74, 6) is 0. The predicted octanol–water partition coefficient (Wildman–Crippen LogP) is 1.74. The molecule has 1 fully saturated rings. The number of rotatable bonds is 10. The predicted molar refractivity (Wildman–Crippen MR) is 62.1 cm³/mol. The fourth-order valence-corrected chi connectivity index (χ4v) is 1.21. The number of hydrogen-bond donors (Lipinski definition) is 1. The normalized spacial score (nSPS) is 15.5. The highest BCUT2D eigenvalue weighted by molar-refractivity contribution is 4.99. The SMILES string of the molecule is C=C(CNC1CC1)COCCOCCC. The second kappa shape index (κ2) is 7.85. The molecule has 88 valence electrons. The van der Waals surface area contributed by atoms with Crippen LogP contribution in [-0.4, -0.2) is 39.0 Å². The Hall–Kier alpha value is -0.380. The van der Waals surface area contributed by atoms with E-state index in [2.05, 4.69) is 18.8 Å². The summed E-state index contributed by atoms with van der Waals surface area (Å²) in [6.45, 7) is 9.79. The minimum absolute atomic E-state index is 0.648. The standard InChI is InChI=1S/C12H23NO2/c1-3-6-14-7-8-15-10-11(2)9-13-12-4-5-12/h12-13H,2-10H2,1H3. The van der Waals surface area contributed by atoms with Crippen molar-refractivity contribution in [2.75, 3.05) is 33.0 Å². The summed E-state index contributed by atoms with van der Waals surface area (Å²) in [7, 11) is 0. The van der Waals surface area contributed by atoms with Gasteiger partial charge in [0, 0.05) is 19.2 Å². The van der Waals surface area contributed by atoms with Gasteiger partial charge in [-0.2, -0.15) is 0 Å². The molecule has 0 bridgehead atoms. The van der Waals surface area contributed by atoms with Gasteiger partial charge in [-0.25, -0.2) is 0 Å². The van der Waals surface area contributed by atoms with Crippen molar-refractivity contribution in [3.8, 4) is 0 Å². The molecule has 0 spiro atoms. The second-order valence-corrected chi connectivity index (χ2v) is 4.07. The molecule has 0 unspecified atom stereocenters. The van der Waals surface area contributed by atoms with Crippen molar-refractivity contribution in [3.05, 3.63) is 12.2 Å². The first-order valence-corrected chi connectivity index (χ1v) is 5.88. The minimum Gasteiger partial charge on any atom is -0.379 e. The topological polar surface area (TPSA) is 30.5 Å². The molecule has 0 radical (unpaired) electrons. The van der Waals surface area contributed by atoms with Gasteiger partial charge < -0.3 is 14.8 Å². The molecule has 0 saturated heterocycles. The lowest BCUT2D eigenvalue weighted by Gasteiger charge is -2.08. The Balaban J connectivity index is 1.79. The summed E-state index contributed by atoms with van der Waals surface area (Å²) in [6.07, 6.45) is 3.70. The summed E-state index contributed by atoms with van der Waals surface area (Å²) in [6, 6.07) is 0.745. The molecule has 1 aliphatic rings. The Labute approximate surface area is 92.8 Å².